The van der Waals surface area contributed by atoms with Gasteiger partial charge in [0.25, 0.3) is 5.91 Å². The molecular formula is C30H45N5O5. The van der Waals surface area contributed by atoms with E-state index in [0.717, 1.165) is 24.2 Å². The number of rotatable bonds is 11. The standard InChI is InChI=1S/C30H45N5O5/c1-21(2)18-34(25-17-23(22(3)36)19-33(20-25)29(38)40-30(4,5)6)28(37)27-26(15-11-12-16-39-7)35(32-31-27)24-13-9-8-10-14-24/h8-10,13-14,21,23,25H,11-12,15-20H2,1-7H3/t23-,25+/m1/s1. The van der Waals surface area contributed by atoms with Gasteiger partial charge in [0, 0.05) is 39.3 Å². The van der Waals surface area contributed by atoms with E-state index in [1.165, 1.54) is 0 Å². The Kier molecular flexibility index (Phi) is 10.8. The number of carbonyl (C=O) groups is 3. The molecule has 1 aromatic heterocycles. The smallest absolute Gasteiger partial charge is 0.410 e. The number of ether oxygens (including phenoxy) is 2. The first-order valence-electron chi connectivity index (χ1n) is 14.2. The molecule has 0 N–H and O–H groups in total. The predicted octanol–water partition coefficient (Wildman–Crippen LogP) is 4.55. The third-order valence-corrected chi connectivity index (χ3v) is 6.90. The molecule has 40 heavy (non-hydrogen) atoms. The maximum absolute atomic E-state index is 14.3. The SMILES string of the molecule is COCCCCc1c(C(=O)N(CC(C)C)[C@H]2C[C@@H](C(C)=O)CN(C(=O)OC(C)(C)C)C2)nnn1-c1ccccc1. The summed E-state index contributed by atoms with van der Waals surface area (Å²) in [4.78, 5) is 43.2. The van der Waals surface area contributed by atoms with Gasteiger partial charge < -0.3 is 19.3 Å². The summed E-state index contributed by atoms with van der Waals surface area (Å²) >= 11 is 0. The molecule has 0 unspecified atom stereocenters. The van der Waals surface area contributed by atoms with Crippen LogP contribution in [-0.2, 0) is 20.7 Å². The fraction of sp³-hybridized carbons (Fsp3) is 0.633. The van der Waals surface area contributed by atoms with Crippen LogP contribution >= 0.6 is 0 Å². The Hall–Kier alpha value is -3.27. The summed E-state index contributed by atoms with van der Waals surface area (Å²) in [5.41, 5.74) is 1.20. The van der Waals surface area contributed by atoms with E-state index >= 15 is 0 Å². The summed E-state index contributed by atoms with van der Waals surface area (Å²) in [6.45, 7) is 12.7. The van der Waals surface area contributed by atoms with Crippen molar-refractivity contribution in [3.63, 3.8) is 0 Å². The molecule has 2 amide bonds. The van der Waals surface area contributed by atoms with Gasteiger partial charge in [0.05, 0.1) is 17.4 Å². The van der Waals surface area contributed by atoms with Gasteiger partial charge in [-0.3, -0.25) is 9.59 Å². The van der Waals surface area contributed by atoms with E-state index in [0.29, 0.717) is 31.7 Å². The van der Waals surface area contributed by atoms with Crippen LogP contribution in [0.15, 0.2) is 30.3 Å². The minimum Gasteiger partial charge on any atom is -0.444 e. The first-order valence-corrected chi connectivity index (χ1v) is 14.2. The summed E-state index contributed by atoms with van der Waals surface area (Å²) in [6.07, 6.45) is 2.25. The number of aromatic nitrogens is 3. The van der Waals surface area contributed by atoms with Gasteiger partial charge in [-0.25, -0.2) is 9.48 Å². The molecule has 0 spiro atoms. The Morgan fingerprint density at radius 2 is 1.80 bits per heavy atom. The van der Waals surface area contributed by atoms with E-state index in [9.17, 15) is 14.4 Å². The fourth-order valence-corrected chi connectivity index (χ4v) is 5.00. The number of hydrogen-bond acceptors (Lipinski definition) is 7. The van der Waals surface area contributed by atoms with E-state index in [-0.39, 0.29) is 42.7 Å². The zero-order valence-corrected chi connectivity index (χ0v) is 25.1. The monoisotopic (exact) mass is 555 g/mol. The van der Waals surface area contributed by atoms with Crippen molar-refractivity contribution in [2.75, 3.05) is 33.4 Å². The molecule has 0 saturated carbocycles. The summed E-state index contributed by atoms with van der Waals surface area (Å²) in [7, 11) is 1.67. The number of ketones is 1. The van der Waals surface area contributed by atoms with Crippen molar-refractivity contribution >= 4 is 17.8 Å². The van der Waals surface area contributed by atoms with Crippen LogP contribution in [0.2, 0.25) is 0 Å². The molecule has 1 fully saturated rings. The van der Waals surface area contributed by atoms with Crippen LogP contribution in [0.5, 0.6) is 0 Å². The lowest BCUT2D eigenvalue weighted by Crippen LogP contribution is -2.56. The maximum atomic E-state index is 14.3. The van der Waals surface area contributed by atoms with Crippen molar-refractivity contribution in [3.8, 4) is 5.69 Å². The zero-order chi connectivity index (χ0) is 29.4. The highest BCUT2D eigenvalue weighted by Crippen LogP contribution is 2.27. The van der Waals surface area contributed by atoms with Gasteiger partial charge in [0.15, 0.2) is 5.69 Å². The van der Waals surface area contributed by atoms with E-state index in [1.807, 2.05) is 65.0 Å². The highest BCUT2D eigenvalue weighted by atomic mass is 16.6. The van der Waals surface area contributed by atoms with Crippen molar-refractivity contribution < 1.29 is 23.9 Å². The molecule has 3 rings (SSSR count). The second-order valence-corrected chi connectivity index (χ2v) is 12.0. The first-order chi connectivity index (χ1) is 18.9. The maximum Gasteiger partial charge on any atom is 0.410 e. The molecule has 2 atom stereocenters. The van der Waals surface area contributed by atoms with Gasteiger partial charge in [-0.15, -0.1) is 5.10 Å². The van der Waals surface area contributed by atoms with Gasteiger partial charge in [0.1, 0.15) is 11.4 Å². The predicted molar refractivity (Wildman–Crippen MR) is 152 cm³/mol. The molecule has 0 radical (unpaired) electrons. The Morgan fingerprint density at radius 3 is 2.40 bits per heavy atom. The van der Waals surface area contributed by atoms with Crippen LogP contribution in [0.3, 0.4) is 0 Å². The number of carbonyl (C=O) groups excluding carboxylic acids is 3. The number of methoxy groups -OCH3 is 1. The third kappa shape index (κ3) is 8.36. The van der Waals surface area contributed by atoms with Crippen LogP contribution in [0.1, 0.15) is 77.0 Å². The topological polar surface area (TPSA) is 107 Å². The summed E-state index contributed by atoms with van der Waals surface area (Å²) < 4.78 is 12.6. The van der Waals surface area contributed by atoms with E-state index in [1.54, 1.807) is 28.5 Å². The molecule has 0 aliphatic carbocycles. The van der Waals surface area contributed by atoms with E-state index in [4.69, 9.17) is 9.47 Å². The van der Waals surface area contributed by atoms with Gasteiger partial charge in [0.2, 0.25) is 0 Å². The Labute approximate surface area is 238 Å². The van der Waals surface area contributed by atoms with Gasteiger partial charge >= 0.3 is 6.09 Å². The molecule has 1 saturated heterocycles. The second-order valence-electron chi connectivity index (χ2n) is 12.0. The number of hydrogen-bond donors (Lipinski definition) is 0. The summed E-state index contributed by atoms with van der Waals surface area (Å²) in [5, 5.41) is 8.78. The van der Waals surface area contributed by atoms with Crippen molar-refractivity contribution in [2.24, 2.45) is 11.8 Å². The second kappa shape index (κ2) is 13.9. The van der Waals surface area contributed by atoms with E-state index in [2.05, 4.69) is 10.3 Å². The quantitative estimate of drug-likeness (QED) is 0.375. The number of unbranched alkanes of at least 4 members (excludes halogenated alkanes) is 1. The largest absolute Gasteiger partial charge is 0.444 e. The molecule has 1 aliphatic heterocycles. The molecule has 10 nitrogen and oxygen atoms in total. The molecule has 1 aromatic carbocycles. The van der Waals surface area contributed by atoms with Gasteiger partial charge in [-0.05, 0) is 71.4 Å². The summed E-state index contributed by atoms with van der Waals surface area (Å²) in [6, 6.07) is 9.28. The van der Waals surface area contributed by atoms with Crippen LogP contribution in [-0.4, -0.2) is 87.6 Å². The minimum atomic E-state index is -0.670. The average molecular weight is 556 g/mol. The number of benzene rings is 1. The zero-order valence-electron chi connectivity index (χ0n) is 25.1. The molecule has 2 aromatic rings. The fourth-order valence-electron chi connectivity index (χ4n) is 5.00. The Balaban J connectivity index is 1.98. The normalized spacial score (nSPS) is 17.6. The van der Waals surface area contributed by atoms with Crippen molar-refractivity contribution in [2.45, 2.75) is 78.9 Å². The van der Waals surface area contributed by atoms with Crippen molar-refractivity contribution in [1.29, 1.82) is 0 Å². The van der Waals surface area contributed by atoms with Crippen LogP contribution in [0.4, 0.5) is 4.79 Å². The van der Waals surface area contributed by atoms with Crippen LogP contribution in [0, 0.1) is 11.8 Å². The number of para-hydroxylation sites is 1. The molecule has 1 aliphatic rings. The van der Waals surface area contributed by atoms with Gasteiger partial charge in [-0.1, -0.05) is 37.3 Å². The highest BCUT2D eigenvalue weighted by molar-refractivity contribution is 5.94. The van der Waals surface area contributed by atoms with Crippen LogP contribution < -0.4 is 0 Å². The summed E-state index contributed by atoms with van der Waals surface area (Å²) in [5.74, 6) is -0.478. The number of piperidine rings is 1. The third-order valence-electron chi connectivity index (χ3n) is 6.90. The molecule has 0 bridgehead atoms. The molecular weight excluding hydrogens is 510 g/mol. The Bertz CT molecular complexity index is 1140. The van der Waals surface area contributed by atoms with Crippen LogP contribution in [0.25, 0.3) is 5.69 Å². The van der Waals surface area contributed by atoms with Crippen molar-refractivity contribution in [1.82, 2.24) is 24.8 Å². The average Bonchev–Trinajstić information content (AvgIpc) is 3.32. The molecule has 220 valence electrons. The molecule has 10 heteroatoms. The highest BCUT2D eigenvalue weighted by Gasteiger charge is 2.39. The number of likely N-dealkylation sites (tertiary alicyclic amines) is 1. The van der Waals surface area contributed by atoms with Gasteiger partial charge in [-0.2, -0.15) is 0 Å². The van der Waals surface area contributed by atoms with E-state index < -0.39 is 11.7 Å². The van der Waals surface area contributed by atoms with Crippen molar-refractivity contribution in [3.05, 3.63) is 41.7 Å². The number of Topliss-reactive ketones (excluding diaryl/α,β-unsaturated/α-hetero) is 1. The number of nitrogens with zero attached hydrogens (tertiary/aromatic N) is 5. The lowest BCUT2D eigenvalue weighted by atomic mass is 9.90. The minimum absolute atomic E-state index is 0.0101. The molecule has 2 heterocycles. The number of amides is 2. The Morgan fingerprint density at radius 1 is 1.10 bits per heavy atom. The lowest BCUT2D eigenvalue weighted by Gasteiger charge is -2.42. The lowest BCUT2D eigenvalue weighted by molar-refractivity contribution is -0.123. The first kappa shape index (κ1) is 31.3.